The first-order valence-electron chi connectivity index (χ1n) is 16.2. The Morgan fingerprint density at radius 2 is 1.87 bits per heavy atom. The van der Waals surface area contributed by atoms with E-state index < -0.39 is 46.7 Å². The molecule has 4 atom stereocenters. The minimum Gasteiger partial charge on any atom is -0.497 e. The number of hydrogen-bond donors (Lipinski definition) is 3. The number of amides is 3. The van der Waals surface area contributed by atoms with E-state index in [2.05, 4.69) is 21.1 Å². The third-order valence-corrected chi connectivity index (χ3v) is 9.06. The van der Waals surface area contributed by atoms with Gasteiger partial charge in [0.15, 0.2) is 5.60 Å². The molecule has 1 saturated carbocycles. The zero-order chi connectivity index (χ0) is 33.9. The number of carbonyl (C=O) groups excluding carboxylic acids is 4. The highest BCUT2D eigenvalue weighted by molar-refractivity contribution is 6.38. The summed E-state index contributed by atoms with van der Waals surface area (Å²) in [7, 11) is 1.58. The Bertz CT molecular complexity index is 1550. The molecular formula is C35H44ClN5O6. The van der Waals surface area contributed by atoms with Gasteiger partial charge in [0.1, 0.15) is 17.8 Å². The fourth-order valence-corrected chi connectivity index (χ4v) is 6.30. The average molecular weight is 666 g/mol. The second-order valence-corrected chi connectivity index (χ2v) is 14.3. The van der Waals surface area contributed by atoms with Crippen molar-refractivity contribution in [1.82, 2.24) is 15.5 Å². The van der Waals surface area contributed by atoms with Crippen LogP contribution in [-0.2, 0) is 24.0 Å². The Morgan fingerprint density at radius 3 is 2.53 bits per heavy atom. The van der Waals surface area contributed by atoms with Gasteiger partial charge in [-0.15, -0.1) is 0 Å². The van der Waals surface area contributed by atoms with Gasteiger partial charge >= 0.3 is 0 Å². The molecule has 12 heteroatoms. The number of carbonyl (C=O) groups is 4. The van der Waals surface area contributed by atoms with Crippen molar-refractivity contribution in [3.05, 3.63) is 59.1 Å². The molecule has 1 aliphatic carbocycles. The topological polar surface area (TPSA) is 138 Å². The van der Waals surface area contributed by atoms with Crippen molar-refractivity contribution in [2.24, 2.45) is 10.6 Å². The quantitative estimate of drug-likeness (QED) is 0.285. The molecule has 2 heterocycles. The van der Waals surface area contributed by atoms with Gasteiger partial charge in [0.25, 0.3) is 5.91 Å². The molecule has 11 nitrogen and oxygen atoms in total. The van der Waals surface area contributed by atoms with E-state index in [1.54, 1.807) is 25.3 Å². The Balaban J connectivity index is 1.43. The number of benzene rings is 2. The van der Waals surface area contributed by atoms with Gasteiger partial charge in [-0.2, -0.15) is 0 Å². The van der Waals surface area contributed by atoms with E-state index in [0.717, 1.165) is 18.4 Å². The molecule has 0 radical (unpaired) electrons. The maximum absolute atomic E-state index is 14.6. The van der Waals surface area contributed by atoms with Crippen LogP contribution in [0.1, 0.15) is 71.8 Å². The fourth-order valence-electron chi connectivity index (χ4n) is 6.11. The number of Topliss-reactive ketones (excluding diaryl/α,β-unsaturated/α-hetero) is 1. The van der Waals surface area contributed by atoms with Gasteiger partial charge in [-0.3, -0.25) is 19.2 Å². The summed E-state index contributed by atoms with van der Waals surface area (Å²) in [6.07, 6.45) is 3.03. The number of rotatable bonds is 12. The van der Waals surface area contributed by atoms with Crippen LogP contribution in [0.25, 0.3) is 0 Å². The highest BCUT2D eigenvalue weighted by atomic mass is 35.5. The largest absolute Gasteiger partial charge is 0.497 e. The van der Waals surface area contributed by atoms with Crippen LogP contribution in [0.15, 0.2) is 53.7 Å². The Labute approximate surface area is 280 Å². The molecule has 5 rings (SSSR count). The van der Waals surface area contributed by atoms with Crippen LogP contribution >= 0.6 is 11.6 Å². The van der Waals surface area contributed by atoms with Crippen LogP contribution in [0.5, 0.6) is 5.75 Å². The van der Waals surface area contributed by atoms with Crippen LogP contribution in [0.3, 0.4) is 0 Å². The number of ketones is 1. The van der Waals surface area contributed by atoms with E-state index in [1.165, 1.54) is 4.90 Å². The van der Waals surface area contributed by atoms with Crippen molar-refractivity contribution in [2.45, 2.75) is 96.0 Å². The molecule has 3 aliphatic rings. The number of ether oxygens (including phenoxy) is 1. The second-order valence-electron chi connectivity index (χ2n) is 13.8. The predicted molar refractivity (Wildman–Crippen MR) is 179 cm³/mol. The number of anilines is 1. The van der Waals surface area contributed by atoms with Crippen molar-refractivity contribution in [3.8, 4) is 5.75 Å². The van der Waals surface area contributed by atoms with Crippen molar-refractivity contribution in [2.75, 3.05) is 19.0 Å². The van der Waals surface area contributed by atoms with Crippen molar-refractivity contribution >= 4 is 46.5 Å². The highest BCUT2D eigenvalue weighted by Gasteiger charge is 2.55. The Kier molecular flexibility index (Phi) is 10.1. The molecule has 2 aromatic carbocycles. The predicted octanol–water partition coefficient (Wildman–Crippen LogP) is 4.47. The number of nitrogens with one attached hydrogen (secondary N) is 3. The summed E-state index contributed by atoms with van der Waals surface area (Å²) in [4.78, 5) is 62.1. The van der Waals surface area contributed by atoms with Crippen LogP contribution in [0.4, 0.5) is 5.69 Å². The monoisotopic (exact) mass is 665 g/mol. The van der Waals surface area contributed by atoms with E-state index >= 15 is 0 Å². The third-order valence-electron chi connectivity index (χ3n) is 8.82. The summed E-state index contributed by atoms with van der Waals surface area (Å²) < 4.78 is 5.38. The lowest BCUT2D eigenvalue weighted by molar-refractivity contribution is -0.143. The number of hydrogen-bond acceptors (Lipinski definition) is 8. The normalized spacial score (nSPS) is 21.8. The lowest BCUT2D eigenvalue weighted by atomic mass is 9.85. The summed E-state index contributed by atoms with van der Waals surface area (Å²) >= 11 is 6.25. The van der Waals surface area contributed by atoms with E-state index in [0.29, 0.717) is 35.0 Å². The number of methoxy groups -OCH3 is 1. The Morgan fingerprint density at radius 1 is 1.13 bits per heavy atom. The average Bonchev–Trinajstić information content (AvgIpc) is 3.63. The molecule has 3 amide bonds. The molecule has 0 aromatic heterocycles. The summed E-state index contributed by atoms with van der Waals surface area (Å²) in [6, 6.07) is 11.9. The number of nitrogens with zero attached hydrogens (tertiary/aromatic N) is 2. The zero-order valence-electron chi connectivity index (χ0n) is 27.6. The summed E-state index contributed by atoms with van der Waals surface area (Å²) in [6.45, 7) is 7.82. The summed E-state index contributed by atoms with van der Waals surface area (Å²) in [5.41, 5.74) is 0.603. The summed E-state index contributed by atoms with van der Waals surface area (Å²) in [5.74, 6) is -1.57. The van der Waals surface area contributed by atoms with Gasteiger partial charge in [0.2, 0.25) is 17.6 Å². The van der Waals surface area contributed by atoms with Crippen molar-refractivity contribution < 1.29 is 28.8 Å². The van der Waals surface area contributed by atoms with E-state index in [1.807, 2.05) is 58.0 Å². The van der Waals surface area contributed by atoms with Gasteiger partial charge in [0.05, 0.1) is 25.4 Å². The molecule has 0 unspecified atom stereocenters. The van der Waals surface area contributed by atoms with Gasteiger partial charge in [0, 0.05) is 41.2 Å². The molecule has 2 aromatic rings. The maximum Gasteiger partial charge on any atom is 0.289 e. The van der Waals surface area contributed by atoms with Crippen LogP contribution in [0.2, 0.25) is 5.02 Å². The van der Waals surface area contributed by atoms with Crippen molar-refractivity contribution in [1.29, 1.82) is 0 Å². The number of likely N-dealkylation sites (tertiary alicyclic amines) is 1. The van der Waals surface area contributed by atoms with Gasteiger partial charge in [-0.25, -0.2) is 0 Å². The highest BCUT2D eigenvalue weighted by Crippen LogP contribution is 2.40. The number of halogens is 1. The zero-order valence-corrected chi connectivity index (χ0v) is 28.4. The van der Waals surface area contributed by atoms with E-state index in [-0.39, 0.29) is 31.3 Å². The van der Waals surface area contributed by atoms with Crippen LogP contribution < -0.4 is 20.7 Å². The smallest absolute Gasteiger partial charge is 0.289 e. The van der Waals surface area contributed by atoms with Crippen molar-refractivity contribution in [3.63, 3.8) is 0 Å². The van der Waals surface area contributed by atoms with Gasteiger partial charge in [-0.05, 0) is 48.9 Å². The molecule has 1 saturated heterocycles. The molecular weight excluding hydrogens is 622 g/mol. The first-order valence-corrected chi connectivity index (χ1v) is 16.6. The molecule has 47 heavy (non-hydrogen) atoms. The molecule has 2 fully saturated rings. The first kappa shape index (κ1) is 34.2. The molecule has 252 valence electrons. The molecule has 3 N–H and O–H groups in total. The minimum atomic E-state index is -1.02. The first-order chi connectivity index (χ1) is 22.3. The standard InChI is InChI=1S/C35H44ClN5O6/c1-6-9-26(29(42)32(44)38-23-14-15-23)39-31(43)28-19-35(18-27(40-47-35)21-10-7-11-22(36)16-21)20-41(28)33(45)30(34(2,3)4)37-24-12-8-13-25(17-24)46-5/h7-8,10-13,16-17,23,26,28,30,37H,6,9,14-15,18-20H2,1-5H3,(H,38,44)(H,39,43)/t26-,28-,30+,35+/m0/s1. The van der Waals surface area contributed by atoms with Gasteiger partial charge in [-0.1, -0.05) is 69.1 Å². The molecule has 1 spiro atoms. The lowest BCUT2D eigenvalue weighted by Crippen LogP contribution is -2.56. The minimum absolute atomic E-state index is 0.00634. The summed E-state index contributed by atoms with van der Waals surface area (Å²) in [5, 5.41) is 13.9. The third kappa shape index (κ3) is 8.06. The SMILES string of the molecule is CCC[C@H](NC(=O)[C@@H]1C[C@]2(CC(c3cccc(Cl)c3)=NO2)CN1C(=O)[C@@H](Nc1cccc(OC)c1)C(C)(C)C)C(=O)C(=O)NC1CC1. The maximum atomic E-state index is 14.6. The van der Waals surface area contributed by atoms with E-state index in [4.69, 9.17) is 21.2 Å². The lowest BCUT2D eigenvalue weighted by Gasteiger charge is -2.36. The van der Waals surface area contributed by atoms with Crippen LogP contribution in [-0.4, -0.2) is 77.5 Å². The van der Waals surface area contributed by atoms with Crippen LogP contribution in [0, 0.1) is 5.41 Å². The molecule has 0 bridgehead atoms. The Hall–Kier alpha value is -4.12. The van der Waals surface area contributed by atoms with E-state index in [9.17, 15) is 19.2 Å². The molecule has 2 aliphatic heterocycles. The number of oxime groups is 1. The fraction of sp³-hybridized carbons (Fsp3) is 0.514. The second kappa shape index (κ2) is 13.9. The van der Waals surface area contributed by atoms with Gasteiger partial charge < -0.3 is 30.4 Å².